The number of amides is 1. The molecule has 0 aliphatic rings. The Kier molecular flexibility index (Phi) is 7.53. The van der Waals surface area contributed by atoms with Gasteiger partial charge < -0.3 is 14.8 Å². The number of nitrogens with one attached hydrogen (secondary N) is 2. The van der Waals surface area contributed by atoms with E-state index in [1.54, 1.807) is 43.6 Å². The standard InChI is InChI=1S/C24H19Cl2N3O3S2/c1-13(32-19-10-8-15(25)12-16(19)26)22(30)29-24(33)28-18-11-14(7-9-20(18)31-2)23-27-17-5-3-4-6-21(17)34-23/h3-13H,1-2H3,(H2,28,29,30,33). The van der Waals surface area contributed by atoms with Crippen LogP contribution in [-0.4, -0.2) is 29.2 Å². The van der Waals surface area contributed by atoms with E-state index < -0.39 is 12.0 Å². The van der Waals surface area contributed by atoms with E-state index in [-0.39, 0.29) is 5.11 Å². The number of carbonyl (C=O) groups excluding carboxylic acids is 1. The fourth-order valence-electron chi connectivity index (χ4n) is 3.12. The van der Waals surface area contributed by atoms with Gasteiger partial charge in [0.2, 0.25) is 0 Å². The maximum absolute atomic E-state index is 12.6. The summed E-state index contributed by atoms with van der Waals surface area (Å²) in [7, 11) is 1.56. The molecule has 1 atom stereocenters. The van der Waals surface area contributed by atoms with Crippen molar-refractivity contribution < 1.29 is 14.3 Å². The van der Waals surface area contributed by atoms with Crippen molar-refractivity contribution in [2.75, 3.05) is 12.4 Å². The number of hydrogen-bond acceptors (Lipinski definition) is 6. The van der Waals surface area contributed by atoms with Crippen LogP contribution in [0.1, 0.15) is 6.92 Å². The fourth-order valence-corrected chi connectivity index (χ4v) is 4.74. The molecule has 0 aliphatic heterocycles. The summed E-state index contributed by atoms with van der Waals surface area (Å²) < 4.78 is 12.2. The molecule has 0 saturated carbocycles. The molecule has 10 heteroatoms. The highest BCUT2D eigenvalue weighted by atomic mass is 35.5. The molecule has 0 spiro atoms. The molecule has 174 valence electrons. The second kappa shape index (κ2) is 10.6. The Labute approximate surface area is 215 Å². The smallest absolute Gasteiger partial charge is 0.266 e. The molecule has 2 N–H and O–H groups in total. The molecule has 0 radical (unpaired) electrons. The maximum atomic E-state index is 12.6. The lowest BCUT2D eigenvalue weighted by Gasteiger charge is -2.17. The molecular formula is C24H19Cl2N3O3S2. The van der Waals surface area contributed by atoms with Crippen LogP contribution in [0, 0.1) is 0 Å². The number of fused-ring (bicyclic) bond motifs is 1. The number of thiocarbonyl (C=S) groups is 1. The second-order valence-corrected chi connectivity index (χ2v) is 9.46. The normalized spacial score (nSPS) is 11.6. The first-order chi connectivity index (χ1) is 16.3. The summed E-state index contributed by atoms with van der Waals surface area (Å²) in [6.45, 7) is 1.59. The van der Waals surface area contributed by atoms with Crippen molar-refractivity contribution in [2.45, 2.75) is 13.0 Å². The van der Waals surface area contributed by atoms with Gasteiger partial charge in [0, 0.05) is 10.6 Å². The van der Waals surface area contributed by atoms with Gasteiger partial charge in [-0.25, -0.2) is 4.98 Å². The van der Waals surface area contributed by atoms with Crippen LogP contribution in [0.15, 0.2) is 60.7 Å². The summed E-state index contributed by atoms with van der Waals surface area (Å²) in [5.41, 5.74) is 2.43. The minimum atomic E-state index is -0.852. The number of para-hydroxylation sites is 1. The summed E-state index contributed by atoms with van der Waals surface area (Å²) in [5.74, 6) is 0.473. The SMILES string of the molecule is COc1ccc(-c2nc3ccccc3s2)cc1NC(=S)NC(=O)C(C)Oc1ccc(Cl)cc1Cl. The number of thiazole rings is 1. The summed E-state index contributed by atoms with van der Waals surface area (Å²) in [4.78, 5) is 17.3. The molecule has 6 nitrogen and oxygen atoms in total. The van der Waals surface area contributed by atoms with Crippen LogP contribution in [0.5, 0.6) is 11.5 Å². The molecule has 0 fully saturated rings. The maximum Gasteiger partial charge on any atom is 0.266 e. The van der Waals surface area contributed by atoms with Gasteiger partial charge in [0.25, 0.3) is 5.91 Å². The molecule has 4 aromatic rings. The Bertz CT molecular complexity index is 1340. The minimum Gasteiger partial charge on any atom is -0.495 e. The van der Waals surface area contributed by atoms with E-state index in [2.05, 4.69) is 10.6 Å². The van der Waals surface area contributed by atoms with Gasteiger partial charge in [0.05, 0.1) is 28.0 Å². The van der Waals surface area contributed by atoms with Crippen molar-refractivity contribution >= 4 is 73.7 Å². The molecule has 1 aromatic heterocycles. The third-order valence-corrected chi connectivity index (χ3v) is 6.61. The van der Waals surface area contributed by atoms with Gasteiger partial charge in [0.1, 0.15) is 16.5 Å². The van der Waals surface area contributed by atoms with E-state index in [0.29, 0.717) is 27.2 Å². The summed E-state index contributed by atoms with van der Waals surface area (Å²) in [5, 5.41) is 7.40. The molecule has 34 heavy (non-hydrogen) atoms. The number of hydrogen-bond donors (Lipinski definition) is 2. The molecule has 1 unspecified atom stereocenters. The van der Waals surface area contributed by atoms with Crippen LogP contribution in [0.25, 0.3) is 20.8 Å². The molecule has 0 aliphatic carbocycles. The lowest BCUT2D eigenvalue weighted by atomic mass is 10.2. The quantitative estimate of drug-likeness (QED) is 0.274. The van der Waals surface area contributed by atoms with Crippen LogP contribution in [0.3, 0.4) is 0 Å². The van der Waals surface area contributed by atoms with Crippen LogP contribution in [-0.2, 0) is 4.79 Å². The largest absolute Gasteiger partial charge is 0.495 e. The van der Waals surface area contributed by atoms with E-state index in [0.717, 1.165) is 20.8 Å². The number of anilines is 1. The molecule has 3 aromatic carbocycles. The lowest BCUT2D eigenvalue weighted by molar-refractivity contribution is -0.125. The van der Waals surface area contributed by atoms with Crippen LogP contribution >= 0.6 is 46.8 Å². The monoisotopic (exact) mass is 531 g/mol. The third-order valence-electron chi connectivity index (χ3n) is 4.79. The van der Waals surface area contributed by atoms with Crippen molar-refractivity contribution in [3.8, 4) is 22.1 Å². The average Bonchev–Trinajstić information content (AvgIpc) is 3.25. The fraction of sp³-hybridized carbons (Fsp3) is 0.125. The van der Waals surface area contributed by atoms with Crippen LogP contribution in [0.2, 0.25) is 10.0 Å². The van der Waals surface area contributed by atoms with Gasteiger partial charge in [-0.15, -0.1) is 11.3 Å². The Hall–Kier alpha value is -2.91. The number of ether oxygens (including phenoxy) is 2. The topological polar surface area (TPSA) is 72.5 Å². The lowest BCUT2D eigenvalue weighted by Crippen LogP contribution is -2.42. The van der Waals surface area contributed by atoms with Gasteiger partial charge in [0.15, 0.2) is 11.2 Å². The van der Waals surface area contributed by atoms with Crippen molar-refractivity contribution in [2.24, 2.45) is 0 Å². The second-order valence-electron chi connectivity index (χ2n) is 7.18. The van der Waals surface area contributed by atoms with E-state index in [1.807, 2.05) is 42.5 Å². The number of aromatic nitrogens is 1. The van der Waals surface area contributed by atoms with E-state index in [1.165, 1.54) is 0 Å². The molecule has 1 amide bonds. The number of rotatable bonds is 6. The van der Waals surface area contributed by atoms with Crippen LogP contribution < -0.4 is 20.1 Å². The number of nitrogens with zero attached hydrogens (tertiary/aromatic N) is 1. The third kappa shape index (κ3) is 5.59. The van der Waals surface area contributed by atoms with Gasteiger partial charge in [-0.05, 0) is 67.7 Å². The van der Waals surface area contributed by atoms with E-state index >= 15 is 0 Å². The Morgan fingerprint density at radius 3 is 2.59 bits per heavy atom. The zero-order chi connectivity index (χ0) is 24.2. The molecule has 0 saturated heterocycles. The minimum absolute atomic E-state index is 0.0994. The Balaban J connectivity index is 1.46. The van der Waals surface area contributed by atoms with Crippen molar-refractivity contribution in [3.05, 3.63) is 70.7 Å². The highest BCUT2D eigenvalue weighted by Crippen LogP contribution is 2.35. The highest BCUT2D eigenvalue weighted by molar-refractivity contribution is 7.80. The number of benzene rings is 3. The van der Waals surface area contributed by atoms with Gasteiger partial charge in [-0.3, -0.25) is 10.1 Å². The van der Waals surface area contributed by atoms with Crippen molar-refractivity contribution in [3.63, 3.8) is 0 Å². The highest BCUT2D eigenvalue weighted by Gasteiger charge is 2.18. The van der Waals surface area contributed by atoms with Crippen molar-refractivity contribution in [1.29, 1.82) is 0 Å². The van der Waals surface area contributed by atoms with Gasteiger partial charge >= 0.3 is 0 Å². The predicted molar refractivity (Wildman–Crippen MR) is 143 cm³/mol. The Morgan fingerprint density at radius 2 is 1.85 bits per heavy atom. The number of methoxy groups -OCH3 is 1. The molecular weight excluding hydrogens is 513 g/mol. The molecule has 4 rings (SSSR count). The first-order valence-electron chi connectivity index (χ1n) is 10.1. The number of carbonyl (C=O) groups is 1. The summed E-state index contributed by atoms with van der Waals surface area (Å²) in [6, 6.07) is 18.3. The van der Waals surface area contributed by atoms with Crippen LogP contribution in [0.4, 0.5) is 5.69 Å². The first-order valence-corrected chi connectivity index (χ1v) is 12.1. The summed E-state index contributed by atoms with van der Waals surface area (Å²) >= 11 is 19.0. The first kappa shape index (κ1) is 24.2. The van der Waals surface area contributed by atoms with Gasteiger partial charge in [-0.2, -0.15) is 0 Å². The zero-order valence-corrected chi connectivity index (χ0v) is 21.2. The predicted octanol–water partition coefficient (Wildman–Crippen LogP) is 6.56. The average molecular weight is 532 g/mol. The number of halogens is 2. The zero-order valence-electron chi connectivity index (χ0n) is 18.1. The van der Waals surface area contributed by atoms with Gasteiger partial charge in [-0.1, -0.05) is 35.3 Å². The molecule has 0 bridgehead atoms. The van der Waals surface area contributed by atoms with E-state index in [4.69, 9.17) is 49.9 Å². The summed E-state index contributed by atoms with van der Waals surface area (Å²) in [6.07, 6.45) is -0.852. The van der Waals surface area contributed by atoms with E-state index in [9.17, 15) is 4.79 Å². The Morgan fingerprint density at radius 1 is 1.09 bits per heavy atom. The molecule has 1 heterocycles. The van der Waals surface area contributed by atoms with Crippen molar-refractivity contribution in [1.82, 2.24) is 10.3 Å².